The van der Waals surface area contributed by atoms with Crippen molar-refractivity contribution in [3.63, 3.8) is 0 Å². The number of anilines is 1. The van der Waals surface area contributed by atoms with Gasteiger partial charge in [0.05, 0.1) is 40.4 Å². The molecule has 0 bridgehead atoms. The van der Waals surface area contributed by atoms with E-state index in [1.54, 1.807) is 39.2 Å². The van der Waals surface area contributed by atoms with Gasteiger partial charge < -0.3 is 25.0 Å². The molecule has 1 amide bonds. The first-order chi connectivity index (χ1) is 15.0. The number of nitrogens with zero attached hydrogens (tertiary/aromatic N) is 4. The fourth-order valence-electron chi connectivity index (χ4n) is 2.96. The first kappa shape index (κ1) is 23.9. The first-order valence-corrected chi connectivity index (χ1v) is 11.1. The van der Waals surface area contributed by atoms with Crippen molar-refractivity contribution >= 4 is 45.4 Å². The molecule has 0 aliphatic rings. The second kappa shape index (κ2) is 9.36. The molecule has 2 atom stereocenters. The number of aryl methyl sites for hydroxylation is 1. The number of hydrogen-bond donors (Lipinski definition) is 3. The Morgan fingerprint density at radius 1 is 1.31 bits per heavy atom. The molecule has 0 saturated carbocycles. The predicted molar refractivity (Wildman–Crippen MR) is 130 cm³/mol. The Bertz CT molecular complexity index is 1190. The summed E-state index contributed by atoms with van der Waals surface area (Å²) in [7, 11) is 2.91. The second-order valence-electron chi connectivity index (χ2n) is 7.87. The molecule has 3 aromatic rings. The molecule has 3 N–H and O–H groups in total. The third-order valence-corrected chi connectivity index (χ3v) is 6.22. The van der Waals surface area contributed by atoms with Crippen LogP contribution in [0.25, 0.3) is 22.2 Å². The highest BCUT2D eigenvalue weighted by atomic mass is 127. The summed E-state index contributed by atoms with van der Waals surface area (Å²) in [5.41, 5.74) is 0.965. The number of amides is 1. The lowest BCUT2D eigenvalue weighted by Gasteiger charge is -2.22. The van der Waals surface area contributed by atoms with Crippen molar-refractivity contribution in [1.29, 1.82) is 0 Å². The SMILES string of the molecule is COC(=O)N[C@@H](C)C(I)Nc1nc(-c2ccc(C(C)(C)O)nc2)cc2ncn(C)c(=O)c12. The molecule has 0 fully saturated rings. The smallest absolute Gasteiger partial charge is 0.407 e. The molecule has 0 radical (unpaired) electrons. The lowest BCUT2D eigenvalue weighted by molar-refractivity contribution is 0.0739. The number of nitrogens with one attached hydrogen (secondary N) is 2. The number of rotatable bonds is 6. The Morgan fingerprint density at radius 3 is 2.62 bits per heavy atom. The molecule has 3 aromatic heterocycles. The number of carbonyl (C=O) groups excluding carboxylic acids is 1. The summed E-state index contributed by atoms with van der Waals surface area (Å²) in [6.45, 7) is 5.13. The van der Waals surface area contributed by atoms with Gasteiger partial charge in [0.15, 0.2) is 0 Å². The zero-order valence-corrected chi connectivity index (χ0v) is 20.5. The van der Waals surface area contributed by atoms with Crippen molar-refractivity contribution in [2.75, 3.05) is 12.4 Å². The van der Waals surface area contributed by atoms with E-state index in [0.717, 1.165) is 0 Å². The highest BCUT2D eigenvalue weighted by molar-refractivity contribution is 14.1. The number of hydrogen-bond acceptors (Lipinski definition) is 8. The fourth-order valence-corrected chi connectivity index (χ4v) is 3.43. The van der Waals surface area contributed by atoms with Crippen LogP contribution in [0, 0.1) is 0 Å². The third kappa shape index (κ3) is 5.15. The van der Waals surface area contributed by atoms with Gasteiger partial charge in [-0.15, -0.1) is 0 Å². The van der Waals surface area contributed by atoms with Gasteiger partial charge in [-0.05, 0) is 39.0 Å². The Labute approximate surface area is 198 Å². The topological polar surface area (TPSA) is 131 Å². The Kier molecular flexibility index (Phi) is 6.98. The number of methoxy groups -OCH3 is 1. The summed E-state index contributed by atoms with van der Waals surface area (Å²) in [6, 6.07) is 4.94. The quantitative estimate of drug-likeness (QED) is 0.242. The first-order valence-electron chi connectivity index (χ1n) is 9.82. The molecular formula is C21H25IN6O4. The summed E-state index contributed by atoms with van der Waals surface area (Å²) in [5, 5.41) is 16.4. The standard InChI is InChI=1S/C21H25IN6O4/c1-11(25-20(30)32-5)17(22)27-18-16-14(24-10-28(4)19(16)29)8-13(26-18)12-6-7-15(23-9-12)21(2,3)31/h6-11,17,31H,1-5H3,(H,25,30)(H,26,27)/t11-,17?/m0/s1. The molecule has 10 nitrogen and oxygen atoms in total. The highest BCUT2D eigenvalue weighted by Crippen LogP contribution is 2.27. The van der Waals surface area contributed by atoms with E-state index in [1.165, 1.54) is 18.0 Å². The maximum absolute atomic E-state index is 12.8. The van der Waals surface area contributed by atoms with Crippen LogP contribution in [0.4, 0.5) is 10.6 Å². The fraction of sp³-hybridized carbons (Fsp3) is 0.381. The molecule has 0 aliphatic heterocycles. The maximum atomic E-state index is 12.8. The number of alkyl carbamates (subject to hydrolysis) is 1. The van der Waals surface area contributed by atoms with Crippen LogP contribution < -0.4 is 16.2 Å². The van der Waals surface area contributed by atoms with Gasteiger partial charge in [0.25, 0.3) is 5.56 Å². The van der Waals surface area contributed by atoms with E-state index in [-0.39, 0.29) is 15.6 Å². The molecule has 1 unspecified atom stereocenters. The van der Waals surface area contributed by atoms with Gasteiger partial charge >= 0.3 is 6.09 Å². The molecule has 170 valence electrons. The monoisotopic (exact) mass is 552 g/mol. The van der Waals surface area contributed by atoms with Crippen molar-refractivity contribution < 1.29 is 14.6 Å². The minimum absolute atomic E-state index is 0.246. The van der Waals surface area contributed by atoms with E-state index in [2.05, 4.69) is 52.9 Å². The van der Waals surface area contributed by atoms with E-state index >= 15 is 0 Å². The normalized spacial score (nSPS) is 13.5. The van der Waals surface area contributed by atoms with Crippen LogP contribution in [0.2, 0.25) is 0 Å². The zero-order chi connectivity index (χ0) is 23.6. The molecule has 0 aliphatic carbocycles. The van der Waals surface area contributed by atoms with Crippen molar-refractivity contribution in [1.82, 2.24) is 24.8 Å². The van der Waals surface area contributed by atoms with Crippen LogP contribution in [-0.2, 0) is 17.4 Å². The number of fused-ring (bicyclic) bond motifs is 1. The van der Waals surface area contributed by atoms with Gasteiger partial charge in [-0.25, -0.2) is 14.8 Å². The van der Waals surface area contributed by atoms with Gasteiger partial charge in [0.1, 0.15) is 16.8 Å². The number of carbonyl (C=O) groups is 1. The van der Waals surface area contributed by atoms with Crippen LogP contribution in [0.1, 0.15) is 26.5 Å². The largest absolute Gasteiger partial charge is 0.453 e. The number of aromatic nitrogens is 4. The molecule has 0 aromatic carbocycles. The molecule has 32 heavy (non-hydrogen) atoms. The summed E-state index contributed by atoms with van der Waals surface area (Å²) < 4.78 is 5.73. The third-order valence-electron chi connectivity index (χ3n) is 4.83. The summed E-state index contributed by atoms with van der Waals surface area (Å²) in [6.07, 6.45) is 2.52. The number of alkyl halides is 1. The minimum atomic E-state index is -1.06. The second-order valence-corrected chi connectivity index (χ2v) is 9.21. The van der Waals surface area contributed by atoms with Crippen molar-refractivity contribution in [3.05, 3.63) is 46.8 Å². The number of pyridine rings is 2. The van der Waals surface area contributed by atoms with E-state index in [1.807, 2.05) is 13.0 Å². The molecule has 3 heterocycles. The van der Waals surface area contributed by atoms with Crippen molar-refractivity contribution in [2.24, 2.45) is 7.05 Å². The summed E-state index contributed by atoms with van der Waals surface area (Å²) in [4.78, 5) is 37.8. The molecule has 3 rings (SSSR count). The van der Waals surface area contributed by atoms with Crippen LogP contribution in [0.5, 0.6) is 0 Å². The molecule has 0 saturated heterocycles. The van der Waals surface area contributed by atoms with Crippen molar-refractivity contribution in [3.8, 4) is 11.3 Å². The van der Waals surface area contributed by atoms with Gasteiger partial charge in [0.2, 0.25) is 0 Å². The van der Waals surface area contributed by atoms with Gasteiger partial charge in [0, 0.05) is 18.8 Å². The van der Waals surface area contributed by atoms with Gasteiger partial charge in [-0.1, -0.05) is 22.6 Å². The Balaban J connectivity index is 2.06. The van der Waals surface area contributed by atoms with E-state index < -0.39 is 11.7 Å². The van der Waals surface area contributed by atoms with E-state index in [9.17, 15) is 14.7 Å². The maximum Gasteiger partial charge on any atom is 0.407 e. The highest BCUT2D eigenvalue weighted by Gasteiger charge is 2.21. The lowest BCUT2D eigenvalue weighted by atomic mass is 10.0. The molecular weight excluding hydrogens is 527 g/mol. The van der Waals surface area contributed by atoms with Crippen LogP contribution >= 0.6 is 22.6 Å². The van der Waals surface area contributed by atoms with E-state index in [4.69, 9.17) is 0 Å². The number of halogens is 1. The average molecular weight is 552 g/mol. The van der Waals surface area contributed by atoms with Crippen molar-refractivity contribution in [2.45, 2.75) is 36.5 Å². The summed E-state index contributed by atoms with van der Waals surface area (Å²) >= 11 is 2.12. The lowest BCUT2D eigenvalue weighted by Crippen LogP contribution is -2.42. The zero-order valence-electron chi connectivity index (χ0n) is 18.4. The number of ether oxygens (including phenoxy) is 1. The number of aliphatic hydroxyl groups is 1. The van der Waals surface area contributed by atoms with Gasteiger partial charge in [-0.3, -0.25) is 9.78 Å². The predicted octanol–water partition coefficient (Wildman–Crippen LogP) is 2.54. The molecule has 11 heteroatoms. The van der Waals surface area contributed by atoms with Gasteiger partial charge in [-0.2, -0.15) is 0 Å². The summed E-state index contributed by atoms with van der Waals surface area (Å²) in [5.74, 6) is 0.343. The molecule has 0 spiro atoms. The van der Waals surface area contributed by atoms with Crippen LogP contribution in [0.3, 0.4) is 0 Å². The minimum Gasteiger partial charge on any atom is -0.453 e. The Hall–Kier alpha value is -2.80. The van der Waals surface area contributed by atoms with Crippen LogP contribution in [-0.4, -0.2) is 47.9 Å². The average Bonchev–Trinajstić information content (AvgIpc) is 2.75. The Morgan fingerprint density at radius 2 is 2.03 bits per heavy atom. The van der Waals surface area contributed by atoms with Crippen LogP contribution in [0.15, 0.2) is 35.5 Å². The van der Waals surface area contributed by atoms with E-state index in [0.29, 0.717) is 33.7 Å².